The number of halogens is 1. The van der Waals surface area contributed by atoms with E-state index >= 15 is 0 Å². The van der Waals surface area contributed by atoms with Gasteiger partial charge in [-0.2, -0.15) is 0 Å². The molecule has 1 amide bonds. The highest BCUT2D eigenvalue weighted by molar-refractivity contribution is 5.67. The number of piperazine rings is 1. The summed E-state index contributed by atoms with van der Waals surface area (Å²) in [6.07, 6.45) is 1.86. The summed E-state index contributed by atoms with van der Waals surface area (Å²) < 4.78 is 17.7. The molecule has 2 aliphatic heterocycles. The Kier molecular flexibility index (Phi) is 6.89. The average Bonchev–Trinajstić information content (AvgIpc) is 2.54. The van der Waals surface area contributed by atoms with E-state index in [0.29, 0.717) is 25.1 Å². The number of rotatable bonds is 5. The summed E-state index contributed by atoms with van der Waals surface area (Å²) in [5.74, 6) is 0.377. The van der Waals surface area contributed by atoms with Gasteiger partial charge in [0.25, 0.3) is 0 Å². The molecule has 0 N–H and O–H groups in total. The van der Waals surface area contributed by atoms with E-state index in [4.69, 9.17) is 4.74 Å². The second-order valence-corrected chi connectivity index (χ2v) is 6.76. The Morgan fingerprint density at radius 2 is 1.77 bits per heavy atom. The monoisotopic (exact) mass is 315 g/mol. The molecule has 0 atom stereocenters. The van der Waals surface area contributed by atoms with Crippen molar-refractivity contribution < 1.29 is 13.9 Å². The van der Waals surface area contributed by atoms with Gasteiger partial charge in [0.05, 0.1) is 6.61 Å². The van der Waals surface area contributed by atoms with E-state index in [1.54, 1.807) is 0 Å². The number of ether oxygens (including phenoxy) is 1. The molecule has 2 fully saturated rings. The lowest BCUT2D eigenvalue weighted by atomic mass is 10.0. The van der Waals surface area contributed by atoms with Gasteiger partial charge >= 0.3 is 6.09 Å². The summed E-state index contributed by atoms with van der Waals surface area (Å²) in [6.45, 7) is 10.4. The molecule has 0 radical (unpaired) electrons. The normalized spacial score (nSPS) is 22.3. The third-order valence-electron chi connectivity index (χ3n) is 4.59. The average molecular weight is 315 g/mol. The molecule has 6 heteroatoms. The zero-order chi connectivity index (χ0) is 15.9. The molecule has 5 nitrogen and oxygen atoms in total. The van der Waals surface area contributed by atoms with Crippen LogP contribution in [0.1, 0.15) is 26.7 Å². The SMILES string of the molecule is CC(C)COC(=O)N1CCC(N2CCN(CCF)CC2)CC1. The lowest BCUT2D eigenvalue weighted by Gasteiger charge is -2.42. The van der Waals surface area contributed by atoms with Crippen molar-refractivity contribution >= 4 is 6.09 Å². The largest absolute Gasteiger partial charge is 0.449 e. The minimum Gasteiger partial charge on any atom is -0.449 e. The van der Waals surface area contributed by atoms with Crippen molar-refractivity contribution in [3.63, 3.8) is 0 Å². The summed E-state index contributed by atoms with van der Waals surface area (Å²) in [6, 6.07) is 0.557. The molecule has 128 valence electrons. The van der Waals surface area contributed by atoms with Gasteiger partial charge in [-0.1, -0.05) is 13.8 Å². The summed E-state index contributed by atoms with van der Waals surface area (Å²) in [5, 5.41) is 0. The second kappa shape index (κ2) is 8.67. The van der Waals surface area contributed by atoms with Gasteiger partial charge in [-0.15, -0.1) is 0 Å². The first kappa shape index (κ1) is 17.5. The quantitative estimate of drug-likeness (QED) is 0.775. The van der Waals surface area contributed by atoms with Crippen LogP contribution in [0.4, 0.5) is 9.18 Å². The van der Waals surface area contributed by atoms with Crippen LogP contribution in [0.3, 0.4) is 0 Å². The van der Waals surface area contributed by atoms with Crippen LogP contribution >= 0.6 is 0 Å². The molecule has 0 aromatic carbocycles. The number of carbonyl (C=O) groups is 1. The highest BCUT2D eigenvalue weighted by Crippen LogP contribution is 2.19. The molecule has 2 aliphatic rings. The van der Waals surface area contributed by atoms with Crippen LogP contribution in [0.15, 0.2) is 0 Å². The van der Waals surface area contributed by atoms with Crippen molar-refractivity contribution in [1.82, 2.24) is 14.7 Å². The summed E-state index contributed by atoms with van der Waals surface area (Å²) >= 11 is 0. The van der Waals surface area contributed by atoms with Crippen molar-refractivity contribution in [3.05, 3.63) is 0 Å². The molecular formula is C16H30FN3O2. The number of piperidine rings is 1. The summed E-state index contributed by atoms with van der Waals surface area (Å²) in [4.78, 5) is 18.5. The zero-order valence-electron chi connectivity index (χ0n) is 14.0. The fourth-order valence-corrected chi connectivity index (χ4v) is 3.21. The molecule has 0 aliphatic carbocycles. The number of hydrogen-bond donors (Lipinski definition) is 0. The molecule has 0 bridgehead atoms. The van der Waals surface area contributed by atoms with Gasteiger partial charge in [-0.05, 0) is 18.8 Å². The lowest BCUT2D eigenvalue weighted by molar-refractivity contribution is 0.0454. The topological polar surface area (TPSA) is 36.0 Å². The smallest absolute Gasteiger partial charge is 0.409 e. The molecule has 2 rings (SSSR count). The predicted molar refractivity (Wildman–Crippen MR) is 84.8 cm³/mol. The summed E-state index contributed by atoms with van der Waals surface area (Å²) in [7, 11) is 0. The van der Waals surface area contributed by atoms with Gasteiger partial charge in [0.2, 0.25) is 0 Å². The Bertz CT molecular complexity index is 338. The first-order valence-corrected chi connectivity index (χ1v) is 8.54. The Hall–Kier alpha value is -0.880. The van der Waals surface area contributed by atoms with Crippen molar-refractivity contribution in [1.29, 1.82) is 0 Å². The van der Waals surface area contributed by atoms with Crippen molar-refractivity contribution in [2.75, 3.05) is 59.1 Å². The van der Waals surface area contributed by atoms with E-state index in [1.165, 1.54) is 0 Å². The predicted octanol–water partition coefficient (Wildman–Crippen LogP) is 1.83. The molecule has 22 heavy (non-hydrogen) atoms. The Morgan fingerprint density at radius 1 is 1.14 bits per heavy atom. The van der Waals surface area contributed by atoms with Crippen molar-refractivity contribution in [2.24, 2.45) is 5.92 Å². The van der Waals surface area contributed by atoms with Crippen LogP contribution in [0.5, 0.6) is 0 Å². The fraction of sp³-hybridized carbons (Fsp3) is 0.938. The van der Waals surface area contributed by atoms with Gasteiger partial charge < -0.3 is 9.64 Å². The van der Waals surface area contributed by atoms with Gasteiger partial charge in [0, 0.05) is 51.9 Å². The minimum absolute atomic E-state index is 0.167. The molecule has 0 aromatic heterocycles. The number of amides is 1. The fourth-order valence-electron chi connectivity index (χ4n) is 3.21. The molecular weight excluding hydrogens is 285 g/mol. The molecule has 0 saturated carbocycles. The third-order valence-corrected chi connectivity index (χ3v) is 4.59. The Balaban J connectivity index is 1.68. The number of hydrogen-bond acceptors (Lipinski definition) is 4. The van der Waals surface area contributed by atoms with E-state index in [2.05, 4.69) is 9.80 Å². The van der Waals surface area contributed by atoms with Gasteiger partial charge in [0.15, 0.2) is 0 Å². The third kappa shape index (κ3) is 5.09. The summed E-state index contributed by atoms with van der Waals surface area (Å²) in [5.41, 5.74) is 0. The number of carbonyl (C=O) groups excluding carboxylic acids is 1. The number of alkyl halides is 1. The highest BCUT2D eigenvalue weighted by atomic mass is 19.1. The van der Waals surface area contributed by atoms with Crippen LogP contribution in [-0.4, -0.2) is 85.9 Å². The first-order chi connectivity index (χ1) is 10.6. The minimum atomic E-state index is -0.253. The van der Waals surface area contributed by atoms with Crippen molar-refractivity contribution in [3.8, 4) is 0 Å². The van der Waals surface area contributed by atoms with Gasteiger partial charge in [-0.25, -0.2) is 9.18 Å². The Morgan fingerprint density at radius 3 is 2.32 bits per heavy atom. The molecule has 2 saturated heterocycles. The zero-order valence-corrected chi connectivity index (χ0v) is 14.0. The Labute approximate surface area is 133 Å². The lowest BCUT2D eigenvalue weighted by Crippen LogP contribution is -2.54. The van der Waals surface area contributed by atoms with E-state index in [1.807, 2.05) is 18.7 Å². The first-order valence-electron chi connectivity index (χ1n) is 8.54. The van der Waals surface area contributed by atoms with Crippen LogP contribution in [0, 0.1) is 5.92 Å². The van der Waals surface area contributed by atoms with Crippen LogP contribution < -0.4 is 0 Å². The van der Waals surface area contributed by atoms with E-state index < -0.39 is 0 Å². The van der Waals surface area contributed by atoms with Gasteiger partial charge in [-0.3, -0.25) is 9.80 Å². The maximum absolute atomic E-state index is 12.4. The van der Waals surface area contributed by atoms with Crippen molar-refractivity contribution in [2.45, 2.75) is 32.7 Å². The molecule has 0 spiro atoms. The van der Waals surface area contributed by atoms with E-state index in [9.17, 15) is 9.18 Å². The standard InChI is InChI=1S/C16H30FN3O2/c1-14(2)13-22-16(21)20-6-3-15(4-7-20)19-11-9-18(8-5-17)10-12-19/h14-15H,3-13H2,1-2H3. The second-order valence-electron chi connectivity index (χ2n) is 6.76. The molecule has 0 unspecified atom stereocenters. The van der Waals surface area contributed by atoms with Crippen LogP contribution in [0.25, 0.3) is 0 Å². The molecule has 2 heterocycles. The number of nitrogens with zero attached hydrogens (tertiary/aromatic N) is 3. The van der Waals surface area contributed by atoms with E-state index in [0.717, 1.165) is 52.1 Å². The van der Waals surface area contributed by atoms with E-state index in [-0.39, 0.29) is 12.8 Å². The number of likely N-dealkylation sites (tertiary alicyclic amines) is 1. The van der Waals surface area contributed by atoms with Crippen LogP contribution in [0.2, 0.25) is 0 Å². The van der Waals surface area contributed by atoms with Crippen LogP contribution in [-0.2, 0) is 4.74 Å². The van der Waals surface area contributed by atoms with Gasteiger partial charge in [0.1, 0.15) is 6.67 Å². The molecule has 0 aromatic rings. The maximum atomic E-state index is 12.4. The maximum Gasteiger partial charge on any atom is 0.409 e. The highest BCUT2D eigenvalue weighted by Gasteiger charge is 2.29.